The minimum absolute atomic E-state index is 0.241. The molecule has 28 heavy (non-hydrogen) atoms. The Bertz CT molecular complexity index is 940. The molecule has 3 aromatic rings. The third-order valence-corrected chi connectivity index (χ3v) is 4.25. The highest BCUT2D eigenvalue weighted by molar-refractivity contribution is 7.80. The third kappa shape index (κ3) is 5.41. The maximum atomic E-state index is 12.4. The molecule has 0 saturated carbocycles. The van der Waals surface area contributed by atoms with Crippen molar-refractivity contribution < 1.29 is 9.53 Å². The fourth-order valence-electron chi connectivity index (χ4n) is 2.67. The Morgan fingerprint density at radius 2 is 1.64 bits per heavy atom. The van der Waals surface area contributed by atoms with Gasteiger partial charge in [0.25, 0.3) is 5.91 Å². The molecule has 0 spiro atoms. The van der Waals surface area contributed by atoms with Gasteiger partial charge in [0.15, 0.2) is 5.11 Å². The van der Waals surface area contributed by atoms with Gasteiger partial charge in [-0.1, -0.05) is 55.5 Å². The molecule has 0 bridgehead atoms. The van der Waals surface area contributed by atoms with Gasteiger partial charge >= 0.3 is 0 Å². The van der Waals surface area contributed by atoms with Crippen LogP contribution in [0.4, 0.5) is 5.69 Å². The largest absolute Gasteiger partial charge is 0.494 e. The molecule has 0 aromatic heterocycles. The molecule has 0 unspecified atom stereocenters. The van der Waals surface area contributed by atoms with Gasteiger partial charge in [-0.15, -0.1) is 0 Å². The number of carbonyl (C=O) groups excluding carboxylic acids is 1. The van der Waals surface area contributed by atoms with Crippen molar-refractivity contribution in [3.63, 3.8) is 0 Å². The number of nitrogens with one attached hydrogen (secondary N) is 2. The van der Waals surface area contributed by atoms with Crippen LogP contribution in [0.2, 0.25) is 0 Å². The molecule has 0 fully saturated rings. The van der Waals surface area contributed by atoms with E-state index in [-0.39, 0.29) is 11.0 Å². The van der Waals surface area contributed by atoms with Crippen molar-refractivity contribution in [1.82, 2.24) is 5.32 Å². The van der Waals surface area contributed by atoms with E-state index in [2.05, 4.69) is 17.6 Å². The zero-order valence-electron chi connectivity index (χ0n) is 15.6. The van der Waals surface area contributed by atoms with Crippen molar-refractivity contribution in [3.05, 3.63) is 84.4 Å². The maximum Gasteiger partial charge on any atom is 0.257 e. The molecule has 5 heteroatoms. The standard InChI is InChI=1S/C23H22N2O2S/c1-2-15-27-21-10-6-9-20(16-21)24-23(28)25-22(26)19-13-11-18(12-14-19)17-7-4-3-5-8-17/h3-14,16H,2,15H2,1H3,(H2,24,25,26,28). The summed E-state index contributed by atoms with van der Waals surface area (Å²) in [7, 11) is 0. The lowest BCUT2D eigenvalue weighted by atomic mass is 10.0. The van der Waals surface area contributed by atoms with Gasteiger partial charge in [-0.3, -0.25) is 10.1 Å². The molecule has 142 valence electrons. The summed E-state index contributed by atoms with van der Waals surface area (Å²) >= 11 is 5.26. The second kappa shape index (κ2) is 9.67. The van der Waals surface area contributed by atoms with Gasteiger partial charge in [-0.05, 0) is 54.0 Å². The van der Waals surface area contributed by atoms with E-state index in [0.717, 1.165) is 29.0 Å². The number of amides is 1. The lowest BCUT2D eigenvalue weighted by Crippen LogP contribution is -2.34. The van der Waals surface area contributed by atoms with Crippen LogP contribution in [0, 0.1) is 0 Å². The highest BCUT2D eigenvalue weighted by Crippen LogP contribution is 2.20. The molecule has 0 atom stereocenters. The van der Waals surface area contributed by atoms with E-state index in [1.807, 2.05) is 66.7 Å². The van der Waals surface area contributed by atoms with Crippen molar-refractivity contribution in [2.45, 2.75) is 13.3 Å². The molecule has 0 heterocycles. The molecule has 1 amide bonds. The Kier molecular flexibility index (Phi) is 6.76. The number of anilines is 1. The molecule has 3 rings (SSSR count). The summed E-state index contributed by atoms with van der Waals surface area (Å²) < 4.78 is 5.60. The lowest BCUT2D eigenvalue weighted by molar-refractivity contribution is 0.0978. The van der Waals surface area contributed by atoms with E-state index in [1.54, 1.807) is 12.1 Å². The number of hydrogen-bond donors (Lipinski definition) is 2. The quantitative estimate of drug-likeness (QED) is 0.563. The number of hydrogen-bond acceptors (Lipinski definition) is 3. The van der Waals surface area contributed by atoms with E-state index < -0.39 is 0 Å². The molecule has 0 saturated heterocycles. The second-order valence-corrected chi connectivity index (χ2v) is 6.64. The molecule has 2 N–H and O–H groups in total. The van der Waals surface area contributed by atoms with Gasteiger partial charge in [-0.2, -0.15) is 0 Å². The fraction of sp³-hybridized carbons (Fsp3) is 0.130. The van der Waals surface area contributed by atoms with Gasteiger partial charge < -0.3 is 10.1 Å². The van der Waals surface area contributed by atoms with Crippen molar-refractivity contribution in [2.24, 2.45) is 0 Å². The topological polar surface area (TPSA) is 50.4 Å². The second-order valence-electron chi connectivity index (χ2n) is 6.23. The average Bonchev–Trinajstić information content (AvgIpc) is 2.73. The monoisotopic (exact) mass is 390 g/mol. The van der Waals surface area contributed by atoms with E-state index in [4.69, 9.17) is 17.0 Å². The Hall–Kier alpha value is -3.18. The summed E-state index contributed by atoms with van der Waals surface area (Å²) in [6.45, 7) is 2.71. The third-order valence-electron chi connectivity index (χ3n) is 4.05. The van der Waals surface area contributed by atoms with Gasteiger partial charge in [0.1, 0.15) is 5.75 Å². The highest BCUT2D eigenvalue weighted by Gasteiger charge is 2.09. The molecule has 0 aliphatic heterocycles. The predicted octanol–water partition coefficient (Wildman–Crippen LogP) is 5.27. The van der Waals surface area contributed by atoms with Crippen LogP contribution in [0.15, 0.2) is 78.9 Å². The number of thiocarbonyl (C=S) groups is 1. The van der Waals surface area contributed by atoms with Crippen LogP contribution >= 0.6 is 12.2 Å². The summed E-state index contributed by atoms with van der Waals surface area (Å²) in [5.41, 5.74) is 3.47. The minimum Gasteiger partial charge on any atom is -0.494 e. The molecular formula is C23H22N2O2S. The fourth-order valence-corrected chi connectivity index (χ4v) is 2.88. The first kappa shape index (κ1) is 19.6. The minimum atomic E-state index is -0.254. The highest BCUT2D eigenvalue weighted by atomic mass is 32.1. The first-order valence-electron chi connectivity index (χ1n) is 9.16. The van der Waals surface area contributed by atoms with E-state index in [0.29, 0.717) is 12.2 Å². The number of rotatable bonds is 6. The zero-order valence-corrected chi connectivity index (χ0v) is 16.5. The van der Waals surface area contributed by atoms with Crippen LogP contribution in [-0.4, -0.2) is 17.6 Å². The van der Waals surface area contributed by atoms with Gasteiger partial charge in [-0.25, -0.2) is 0 Å². The Morgan fingerprint density at radius 1 is 0.929 bits per heavy atom. The molecule has 0 aliphatic rings. The number of benzene rings is 3. The molecule has 0 aliphatic carbocycles. The van der Waals surface area contributed by atoms with Gasteiger partial charge in [0.05, 0.1) is 6.61 Å². The van der Waals surface area contributed by atoms with E-state index >= 15 is 0 Å². The molecule has 0 radical (unpaired) electrons. The van der Waals surface area contributed by atoms with Gasteiger partial charge in [0.2, 0.25) is 0 Å². The SMILES string of the molecule is CCCOc1cccc(NC(=S)NC(=O)c2ccc(-c3ccccc3)cc2)c1. The molecule has 4 nitrogen and oxygen atoms in total. The van der Waals surface area contributed by atoms with Crippen LogP contribution in [-0.2, 0) is 0 Å². The first-order chi connectivity index (χ1) is 13.7. The van der Waals surface area contributed by atoms with Crippen molar-refractivity contribution in [1.29, 1.82) is 0 Å². The van der Waals surface area contributed by atoms with Crippen molar-refractivity contribution in [2.75, 3.05) is 11.9 Å². The van der Waals surface area contributed by atoms with Crippen molar-refractivity contribution >= 4 is 28.9 Å². The Morgan fingerprint density at radius 3 is 2.36 bits per heavy atom. The van der Waals surface area contributed by atoms with Crippen LogP contribution in [0.5, 0.6) is 5.75 Å². The number of ether oxygens (including phenoxy) is 1. The Labute approximate surface area is 170 Å². The molecule has 3 aromatic carbocycles. The number of carbonyl (C=O) groups is 1. The van der Waals surface area contributed by atoms with Crippen LogP contribution in [0.1, 0.15) is 23.7 Å². The van der Waals surface area contributed by atoms with E-state index in [1.165, 1.54) is 0 Å². The van der Waals surface area contributed by atoms with Gasteiger partial charge in [0, 0.05) is 17.3 Å². The lowest BCUT2D eigenvalue weighted by Gasteiger charge is -2.11. The summed E-state index contributed by atoms with van der Waals surface area (Å²) in [6.07, 6.45) is 0.940. The van der Waals surface area contributed by atoms with E-state index in [9.17, 15) is 4.79 Å². The van der Waals surface area contributed by atoms with Crippen LogP contribution < -0.4 is 15.4 Å². The predicted molar refractivity (Wildman–Crippen MR) is 118 cm³/mol. The molecular weight excluding hydrogens is 368 g/mol. The Balaban J connectivity index is 1.59. The summed E-state index contributed by atoms with van der Waals surface area (Å²) in [4.78, 5) is 12.4. The zero-order chi connectivity index (χ0) is 19.8. The first-order valence-corrected chi connectivity index (χ1v) is 9.57. The smallest absolute Gasteiger partial charge is 0.257 e. The maximum absolute atomic E-state index is 12.4. The average molecular weight is 391 g/mol. The van der Waals surface area contributed by atoms with Crippen molar-refractivity contribution in [3.8, 4) is 16.9 Å². The summed E-state index contributed by atoms with van der Waals surface area (Å²) in [6, 6.07) is 24.9. The summed E-state index contributed by atoms with van der Waals surface area (Å²) in [5.74, 6) is 0.507. The van der Waals surface area contributed by atoms with Crippen LogP contribution in [0.25, 0.3) is 11.1 Å². The van der Waals surface area contributed by atoms with Crippen LogP contribution in [0.3, 0.4) is 0 Å². The summed E-state index contributed by atoms with van der Waals surface area (Å²) in [5, 5.41) is 5.96. The normalized spacial score (nSPS) is 10.2.